The van der Waals surface area contributed by atoms with Gasteiger partial charge in [-0.2, -0.15) is 0 Å². The molecule has 3 aromatic rings. The second kappa shape index (κ2) is 8.56. The Morgan fingerprint density at radius 1 is 1.26 bits per heavy atom. The second-order valence-corrected chi connectivity index (χ2v) is 8.39. The fourth-order valence-electron chi connectivity index (χ4n) is 4.14. The van der Waals surface area contributed by atoms with Crippen molar-refractivity contribution < 1.29 is 23.7 Å². The molecule has 0 N–H and O–H groups in total. The maximum atomic E-state index is 12.4. The highest BCUT2D eigenvalue weighted by Crippen LogP contribution is 2.40. The van der Waals surface area contributed by atoms with Crippen LogP contribution < -0.4 is 0 Å². The smallest absolute Gasteiger partial charge is 0.184 e. The maximum Gasteiger partial charge on any atom is 0.184 e. The van der Waals surface area contributed by atoms with E-state index in [4.69, 9.17) is 18.9 Å². The van der Waals surface area contributed by atoms with E-state index in [9.17, 15) is 4.79 Å². The summed E-state index contributed by atoms with van der Waals surface area (Å²) in [6.45, 7) is 1.78. The summed E-state index contributed by atoms with van der Waals surface area (Å²) in [7, 11) is 1.56. The lowest BCUT2D eigenvalue weighted by Gasteiger charge is -2.48. The van der Waals surface area contributed by atoms with Crippen molar-refractivity contribution in [2.24, 2.45) is 0 Å². The molecule has 9 nitrogen and oxygen atoms in total. The Kier molecular flexibility index (Phi) is 5.63. The number of Topliss-reactive ketones (excluding diaryl/α,β-unsaturated/α-hetero) is 1. The second-order valence-electron chi connectivity index (χ2n) is 7.49. The van der Waals surface area contributed by atoms with E-state index in [1.54, 1.807) is 18.0 Å². The summed E-state index contributed by atoms with van der Waals surface area (Å²) in [5, 5.41) is 11.3. The lowest BCUT2D eigenvalue weighted by Crippen LogP contribution is -2.61. The molecule has 5 rings (SSSR count). The zero-order valence-electron chi connectivity index (χ0n) is 17.0. The van der Waals surface area contributed by atoms with Gasteiger partial charge in [-0.1, -0.05) is 35.5 Å². The molecule has 3 unspecified atom stereocenters. The number of hydrogen-bond donors (Lipinski definition) is 0. The third-order valence-electron chi connectivity index (χ3n) is 5.56. The largest absolute Gasteiger partial charge is 0.376 e. The topological polar surface area (TPSA) is 97.6 Å². The van der Waals surface area contributed by atoms with Crippen molar-refractivity contribution in [3.05, 3.63) is 53.7 Å². The van der Waals surface area contributed by atoms with Gasteiger partial charge in [0.2, 0.25) is 0 Å². The Hall–Kier alpha value is -2.50. The van der Waals surface area contributed by atoms with Gasteiger partial charge < -0.3 is 18.9 Å². The summed E-state index contributed by atoms with van der Waals surface area (Å²) in [5.41, 5.74) is 1.56. The zero-order valence-corrected chi connectivity index (χ0v) is 17.8. The van der Waals surface area contributed by atoms with Gasteiger partial charge >= 0.3 is 0 Å². The molecule has 0 spiro atoms. The molecule has 2 fully saturated rings. The first-order chi connectivity index (χ1) is 15.2. The molecule has 2 saturated heterocycles. The molecule has 162 valence electrons. The molecule has 0 amide bonds. The van der Waals surface area contributed by atoms with Gasteiger partial charge in [0.25, 0.3) is 0 Å². The molecular formula is C21H22N4O5S. The van der Waals surface area contributed by atoms with Crippen molar-refractivity contribution in [2.45, 2.75) is 43.7 Å². The molecular weight excluding hydrogens is 420 g/mol. The maximum absolute atomic E-state index is 12.4. The highest BCUT2D eigenvalue weighted by Gasteiger charge is 2.52. The van der Waals surface area contributed by atoms with Crippen LogP contribution in [0.2, 0.25) is 0 Å². The monoisotopic (exact) mass is 442 g/mol. The molecule has 2 aliphatic heterocycles. The van der Waals surface area contributed by atoms with E-state index >= 15 is 0 Å². The van der Waals surface area contributed by atoms with Gasteiger partial charge in [-0.3, -0.25) is 4.79 Å². The van der Waals surface area contributed by atoms with Crippen LogP contribution in [0.4, 0.5) is 0 Å². The molecule has 1 aromatic carbocycles. The van der Waals surface area contributed by atoms with Crippen LogP contribution in [0.3, 0.4) is 0 Å². The first-order valence-electron chi connectivity index (χ1n) is 9.98. The first kappa shape index (κ1) is 20.4. The number of fused-ring (bicyclic) bond motifs is 1. The third-order valence-corrected chi connectivity index (χ3v) is 6.36. The predicted octanol–water partition coefficient (Wildman–Crippen LogP) is 2.43. The first-order valence-corrected chi connectivity index (χ1v) is 10.9. The Bertz CT molecular complexity index is 1030. The number of benzene rings is 1. The number of rotatable bonds is 5. The lowest BCUT2D eigenvalue weighted by atomic mass is 9.90. The molecule has 6 atom stereocenters. The number of carbonyl (C=O) groups is 1. The van der Waals surface area contributed by atoms with Crippen LogP contribution >= 0.6 is 11.3 Å². The highest BCUT2D eigenvalue weighted by atomic mass is 32.1. The summed E-state index contributed by atoms with van der Waals surface area (Å²) >= 11 is 1.48. The zero-order chi connectivity index (χ0) is 21.4. The van der Waals surface area contributed by atoms with Crippen LogP contribution in [-0.2, 0) is 23.7 Å². The van der Waals surface area contributed by atoms with Crippen molar-refractivity contribution in [3.8, 4) is 10.7 Å². The van der Waals surface area contributed by atoms with Crippen molar-refractivity contribution in [3.63, 3.8) is 0 Å². The molecule has 0 aliphatic carbocycles. The van der Waals surface area contributed by atoms with Crippen LogP contribution in [0.5, 0.6) is 0 Å². The molecule has 0 saturated carbocycles. The van der Waals surface area contributed by atoms with Gasteiger partial charge in [-0.15, -0.1) is 16.4 Å². The fraction of sp³-hybridized carbons (Fsp3) is 0.429. The van der Waals surface area contributed by atoms with Crippen molar-refractivity contribution >= 4 is 17.1 Å². The highest BCUT2D eigenvalue weighted by molar-refractivity contribution is 7.13. The minimum Gasteiger partial charge on any atom is -0.376 e. The number of methoxy groups -OCH3 is 1. The van der Waals surface area contributed by atoms with Crippen LogP contribution in [-0.4, -0.2) is 63.9 Å². The number of hydrogen-bond acceptors (Lipinski definition) is 9. The predicted molar refractivity (Wildman–Crippen MR) is 110 cm³/mol. The molecule has 2 aromatic heterocycles. The SMILES string of the molecule is COC1[C@@H](n2cc(-c3nccs3)nn2)[C@H]2OC(c3ccccc3)OCC2O[C@H]1C(C)=O. The average Bonchev–Trinajstić information content (AvgIpc) is 3.50. The lowest BCUT2D eigenvalue weighted by molar-refractivity contribution is -0.314. The Morgan fingerprint density at radius 3 is 2.81 bits per heavy atom. The number of carbonyl (C=O) groups excluding carboxylic acids is 1. The quantitative estimate of drug-likeness (QED) is 0.594. The van der Waals surface area contributed by atoms with Crippen molar-refractivity contribution in [1.82, 2.24) is 20.0 Å². The van der Waals surface area contributed by atoms with Crippen LogP contribution in [0.25, 0.3) is 10.7 Å². The molecule has 0 bridgehead atoms. The van der Waals surface area contributed by atoms with E-state index in [2.05, 4.69) is 15.3 Å². The fourth-order valence-corrected chi connectivity index (χ4v) is 4.73. The average molecular weight is 442 g/mol. The molecule has 31 heavy (non-hydrogen) atoms. The van der Waals surface area contributed by atoms with E-state index < -0.39 is 36.7 Å². The summed E-state index contributed by atoms with van der Waals surface area (Å²) in [5.74, 6) is -0.124. The van der Waals surface area contributed by atoms with Gasteiger partial charge in [-0.05, 0) is 6.92 Å². The van der Waals surface area contributed by atoms with E-state index in [1.807, 2.05) is 41.9 Å². The van der Waals surface area contributed by atoms with E-state index in [1.165, 1.54) is 18.3 Å². The standard InChI is InChI=1S/C21H22N4O5S/c1-12(26)17-19(27-2)16(25-10-14(23-24-25)20-22-8-9-31-20)18-15(29-17)11-28-21(30-18)13-6-4-3-5-7-13/h3-10,15-19,21H,11H2,1-2H3/t15?,16-,17-,18-,19?,21?/m0/s1. The third kappa shape index (κ3) is 3.81. The summed E-state index contributed by atoms with van der Waals surface area (Å²) < 4.78 is 25.8. The van der Waals surface area contributed by atoms with Gasteiger partial charge in [0, 0.05) is 24.3 Å². The summed E-state index contributed by atoms with van der Waals surface area (Å²) in [6.07, 6.45) is 0.721. The van der Waals surface area contributed by atoms with Gasteiger partial charge in [0.15, 0.2) is 12.1 Å². The summed E-state index contributed by atoms with van der Waals surface area (Å²) in [6, 6.07) is 9.27. The van der Waals surface area contributed by atoms with Gasteiger partial charge in [0.05, 0.1) is 12.8 Å². The summed E-state index contributed by atoms with van der Waals surface area (Å²) in [4.78, 5) is 16.7. The van der Waals surface area contributed by atoms with Gasteiger partial charge in [0.1, 0.15) is 41.2 Å². The van der Waals surface area contributed by atoms with E-state index in [-0.39, 0.29) is 12.4 Å². The van der Waals surface area contributed by atoms with Crippen molar-refractivity contribution in [2.75, 3.05) is 13.7 Å². The number of aromatic nitrogens is 4. The van der Waals surface area contributed by atoms with E-state index in [0.717, 1.165) is 10.6 Å². The molecule has 4 heterocycles. The van der Waals surface area contributed by atoms with Crippen molar-refractivity contribution in [1.29, 1.82) is 0 Å². The molecule has 0 radical (unpaired) electrons. The minimum absolute atomic E-state index is 0.124. The molecule has 10 heteroatoms. The van der Waals surface area contributed by atoms with E-state index in [0.29, 0.717) is 5.69 Å². The van der Waals surface area contributed by atoms with Crippen LogP contribution in [0, 0.1) is 0 Å². The Labute approximate surface area is 182 Å². The Morgan fingerprint density at radius 2 is 2.10 bits per heavy atom. The minimum atomic E-state index is -0.760. The molecule has 2 aliphatic rings. The number of nitrogens with zero attached hydrogens (tertiary/aromatic N) is 4. The van der Waals surface area contributed by atoms with Gasteiger partial charge in [-0.25, -0.2) is 9.67 Å². The Balaban J connectivity index is 1.51. The number of ether oxygens (including phenoxy) is 4. The number of ketones is 1. The normalized spacial score (nSPS) is 30.6. The van der Waals surface area contributed by atoms with Crippen LogP contribution in [0.1, 0.15) is 24.8 Å². The number of thiazole rings is 1. The van der Waals surface area contributed by atoms with Crippen LogP contribution in [0.15, 0.2) is 48.1 Å².